The summed E-state index contributed by atoms with van der Waals surface area (Å²) in [6.07, 6.45) is 32.3. The zero-order valence-corrected chi connectivity index (χ0v) is 30.4. The fraction of sp³-hybridized carbons (Fsp3) is 0.786. The second kappa shape index (κ2) is 16.7. The van der Waals surface area contributed by atoms with Gasteiger partial charge >= 0.3 is 5.30 Å². The Hall–Kier alpha value is -1.22. The summed E-state index contributed by atoms with van der Waals surface area (Å²) in [6, 6.07) is 8.27. The highest BCUT2D eigenvalue weighted by atomic mass is 32.2. The van der Waals surface area contributed by atoms with Crippen molar-refractivity contribution in [3.05, 3.63) is 41.5 Å². The highest BCUT2D eigenvalue weighted by molar-refractivity contribution is 8.13. The molecule has 0 saturated heterocycles. The van der Waals surface area contributed by atoms with Gasteiger partial charge in [-0.1, -0.05) is 122 Å². The molecular formula is C42H66O2S. The fourth-order valence-electron chi connectivity index (χ4n) is 10.6. The first-order chi connectivity index (χ1) is 21.9. The number of carbonyl (C=O) groups excluding carboxylic acids is 1. The molecule has 7 atom stereocenters. The van der Waals surface area contributed by atoms with Gasteiger partial charge in [0.1, 0.15) is 5.75 Å². The molecule has 2 nitrogen and oxygen atoms in total. The van der Waals surface area contributed by atoms with Crippen molar-refractivity contribution in [3.8, 4) is 5.75 Å². The van der Waals surface area contributed by atoms with Crippen LogP contribution in [0.3, 0.4) is 0 Å². The Balaban J connectivity index is 1.08. The Morgan fingerprint density at radius 3 is 2.22 bits per heavy atom. The van der Waals surface area contributed by atoms with Crippen molar-refractivity contribution in [3.63, 3.8) is 0 Å². The predicted molar refractivity (Wildman–Crippen MR) is 194 cm³/mol. The second-order valence-electron chi connectivity index (χ2n) is 16.1. The summed E-state index contributed by atoms with van der Waals surface area (Å²) in [5.74, 6) is 4.30. The maximum absolute atomic E-state index is 13.0. The summed E-state index contributed by atoms with van der Waals surface area (Å²) in [5.41, 5.74) is 3.94. The van der Waals surface area contributed by atoms with Crippen LogP contribution >= 0.6 is 11.8 Å². The van der Waals surface area contributed by atoms with Crippen LogP contribution in [0.4, 0.5) is 4.79 Å². The molecule has 5 rings (SSSR count). The van der Waals surface area contributed by atoms with Gasteiger partial charge in [0.05, 0.1) is 0 Å². The second-order valence-corrected chi connectivity index (χ2v) is 17.4. The highest BCUT2D eigenvalue weighted by Gasteiger charge is 2.58. The number of carbonyl (C=O) groups is 1. The molecule has 7 unspecified atom stereocenters. The van der Waals surface area contributed by atoms with Gasteiger partial charge in [-0.05, 0) is 135 Å². The van der Waals surface area contributed by atoms with Crippen molar-refractivity contribution in [2.24, 2.45) is 34.5 Å². The zero-order chi connectivity index (χ0) is 31.7. The van der Waals surface area contributed by atoms with Crippen molar-refractivity contribution < 1.29 is 9.53 Å². The van der Waals surface area contributed by atoms with E-state index < -0.39 is 0 Å². The average Bonchev–Trinajstić information content (AvgIpc) is 3.37. The summed E-state index contributed by atoms with van der Waals surface area (Å²) in [4.78, 5) is 13.0. The summed E-state index contributed by atoms with van der Waals surface area (Å²) in [7, 11) is 0. The standard InChI is InChI=1S/C42H66O2S/c1-5-7-9-11-13-15-17-32-19-23-35(24-20-32)44-40(43)45-36-27-29-42(4)34(31-36)21-25-37-38-26-22-33(18-16-14-12-10-8-6-2)41(38,3)30-28-39(37)42/h19-21,23-24,33,36-39H,5-18,22,25-31H2,1-4H3. The van der Waals surface area contributed by atoms with Crippen molar-refractivity contribution in [2.45, 2.75) is 174 Å². The quantitative estimate of drug-likeness (QED) is 0.103. The van der Waals surface area contributed by atoms with Crippen LogP contribution in [0.1, 0.15) is 168 Å². The molecule has 4 aliphatic rings. The van der Waals surface area contributed by atoms with Crippen LogP contribution in [0.2, 0.25) is 0 Å². The van der Waals surface area contributed by atoms with E-state index in [1.807, 2.05) is 12.1 Å². The number of rotatable bonds is 16. The number of ether oxygens (including phenoxy) is 1. The van der Waals surface area contributed by atoms with Crippen LogP contribution in [-0.4, -0.2) is 10.6 Å². The normalized spacial score (nSPS) is 32.4. The van der Waals surface area contributed by atoms with Crippen LogP contribution in [0, 0.1) is 34.5 Å². The van der Waals surface area contributed by atoms with E-state index in [-0.39, 0.29) is 5.30 Å². The van der Waals surface area contributed by atoms with E-state index in [1.165, 1.54) is 139 Å². The van der Waals surface area contributed by atoms with Crippen molar-refractivity contribution in [2.75, 3.05) is 0 Å². The smallest absolute Gasteiger partial charge is 0.372 e. The van der Waals surface area contributed by atoms with Crippen LogP contribution in [0.25, 0.3) is 0 Å². The maximum Gasteiger partial charge on any atom is 0.372 e. The molecular weight excluding hydrogens is 569 g/mol. The van der Waals surface area contributed by atoms with Gasteiger partial charge in [0.25, 0.3) is 0 Å². The minimum Gasteiger partial charge on any atom is -0.418 e. The van der Waals surface area contributed by atoms with Crippen molar-refractivity contribution in [1.29, 1.82) is 0 Å². The zero-order valence-electron chi connectivity index (χ0n) is 29.6. The SMILES string of the molecule is CCCCCCCCc1ccc(OC(=O)SC2CCC3(C)C(=CCC4C3CCC3(C)C(CCCCCCCC)CCC43)C2)cc1. The van der Waals surface area contributed by atoms with E-state index in [0.29, 0.717) is 21.8 Å². The Labute approximate surface area is 281 Å². The van der Waals surface area contributed by atoms with Crippen molar-refractivity contribution >= 4 is 17.1 Å². The first kappa shape index (κ1) is 35.1. The van der Waals surface area contributed by atoms with Gasteiger partial charge < -0.3 is 4.74 Å². The summed E-state index contributed by atoms with van der Waals surface area (Å²) in [6.45, 7) is 9.89. The van der Waals surface area contributed by atoms with Gasteiger partial charge in [-0.3, -0.25) is 0 Å². The molecule has 252 valence electrons. The molecule has 0 bridgehead atoms. The molecule has 0 aromatic heterocycles. The third-order valence-corrected chi connectivity index (χ3v) is 14.4. The topological polar surface area (TPSA) is 26.3 Å². The number of allylic oxidation sites excluding steroid dienone is 2. The molecule has 0 spiro atoms. The van der Waals surface area contributed by atoms with E-state index in [9.17, 15) is 4.79 Å². The Morgan fingerprint density at radius 2 is 1.49 bits per heavy atom. The van der Waals surface area contributed by atoms with Gasteiger partial charge in [-0.15, -0.1) is 0 Å². The lowest BCUT2D eigenvalue weighted by Gasteiger charge is -2.58. The minimum atomic E-state index is -0.127. The number of hydrogen-bond donors (Lipinski definition) is 0. The van der Waals surface area contributed by atoms with Crippen molar-refractivity contribution in [1.82, 2.24) is 0 Å². The molecule has 3 heteroatoms. The van der Waals surface area contributed by atoms with Gasteiger partial charge in [-0.2, -0.15) is 0 Å². The van der Waals surface area contributed by atoms with Crippen LogP contribution in [-0.2, 0) is 6.42 Å². The van der Waals surface area contributed by atoms with Crippen LogP contribution in [0.5, 0.6) is 5.75 Å². The lowest BCUT2D eigenvalue weighted by atomic mass is 9.47. The monoisotopic (exact) mass is 634 g/mol. The number of unbranched alkanes of at least 4 members (excludes halogenated alkanes) is 10. The van der Waals surface area contributed by atoms with Crippen LogP contribution < -0.4 is 4.74 Å². The maximum atomic E-state index is 13.0. The Kier molecular flexibility index (Phi) is 13.1. The first-order valence-electron chi connectivity index (χ1n) is 19.5. The molecule has 1 aromatic carbocycles. The first-order valence-corrected chi connectivity index (χ1v) is 20.4. The molecule has 0 aliphatic heterocycles. The summed E-state index contributed by atoms with van der Waals surface area (Å²) < 4.78 is 5.81. The minimum absolute atomic E-state index is 0.127. The molecule has 0 radical (unpaired) electrons. The van der Waals surface area contributed by atoms with E-state index in [1.54, 1.807) is 5.57 Å². The largest absolute Gasteiger partial charge is 0.418 e. The summed E-state index contributed by atoms with van der Waals surface area (Å²) in [5, 5.41) is 0.222. The fourth-order valence-corrected chi connectivity index (χ4v) is 11.5. The van der Waals surface area contributed by atoms with Gasteiger partial charge in [0.15, 0.2) is 0 Å². The number of hydrogen-bond acceptors (Lipinski definition) is 3. The lowest BCUT2D eigenvalue weighted by molar-refractivity contribution is -0.0421. The van der Waals surface area contributed by atoms with E-state index in [0.717, 1.165) is 42.9 Å². The third kappa shape index (κ3) is 8.63. The van der Waals surface area contributed by atoms with E-state index >= 15 is 0 Å². The number of aryl methyl sites for hydroxylation is 1. The molecule has 0 N–H and O–H groups in total. The number of benzene rings is 1. The predicted octanol–water partition coefficient (Wildman–Crippen LogP) is 13.5. The lowest BCUT2D eigenvalue weighted by Crippen LogP contribution is -2.50. The molecule has 0 heterocycles. The van der Waals surface area contributed by atoms with Gasteiger partial charge in [0.2, 0.25) is 0 Å². The van der Waals surface area contributed by atoms with E-state index in [2.05, 4.69) is 45.9 Å². The molecule has 4 aliphatic carbocycles. The molecule has 1 aromatic rings. The highest BCUT2D eigenvalue weighted by Crippen LogP contribution is 2.67. The van der Waals surface area contributed by atoms with Gasteiger partial charge in [0, 0.05) is 5.25 Å². The third-order valence-electron chi connectivity index (χ3n) is 13.4. The Morgan fingerprint density at radius 1 is 0.800 bits per heavy atom. The Bertz CT molecular complexity index is 1090. The molecule has 0 amide bonds. The molecule has 3 fully saturated rings. The van der Waals surface area contributed by atoms with Crippen LogP contribution in [0.15, 0.2) is 35.9 Å². The number of fused-ring (bicyclic) bond motifs is 5. The van der Waals surface area contributed by atoms with Gasteiger partial charge in [-0.25, -0.2) is 4.79 Å². The number of thioether (sulfide) groups is 1. The average molecular weight is 635 g/mol. The summed E-state index contributed by atoms with van der Waals surface area (Å²) >= 11 is 1.45. The molecule has 3 saturated carbocycles. The van der Waals surface area contributed by atoms with E-state index in [4.69, 9.17) is 4.74 Å². The molecule has 45 heavy (non-hydrogen) atoms.